The first-order valence-electron chi connectivity index (χ1n) is 0. The third-order valence-corrected chi connectivity index (χ3v) is 0. The van der Waals surface area contributed by atoms with Crippen molar-refractivity contribution in [2.75, 3.05) is 0 Å². The predicted octanol–water partition coefficient (Wildman–Crippen LogP) is -4.23. The van der Waals surface area contributed by atoms with Gasteiger partial charge in [-0.25, -0.2) is 0 Å². The van der Waals surface area contributed by atoms with Gasteiger partial charge in [0.2, 0.25) is 0 Å². The molecule has 0 saturated heterocycles. The largest absolute Gasteiger partial charge is 1.00 e. The summed E-state index contributed by atoms with van der Waals surface area (Å²) in [6.07, 6.45) is 0. The summed E-state index contributed by atoms with van der Waals surface area (Å²) < 4.78 is 0. The summed E-state index contributed by atoms with van der Waals surface area (Å²) >= 11 is 0. The number of hydrogen-bond donors (Lipinski definition) is 0. The van der Waals surface area contributed by atoms with Crippen LogP contribution in [0.25, 0.3) is 0 Å². The van der Waals surface area contributed by atoms with Crippen LogP contribution in [0.1, 0.15) is 4.28 Å². The van der Waals surface area contributed by atoms with Crippen molar-refractivity contribution in [3.05, 3.63) is 0 Å². The van der Waals surface area contributed by atoms with Crippen LogP contribution in [0.15, 0.2) is 0 Å². The first kappa shape index (κ1) is 26.9. The summed E-state index contributed by atoms with van der Waals surface area (Å²) in [5.74, 6) is 0. The average Bonchev–Trinajstić information content (AvgIpc) is 0. The van der Waals surface area contributed by atoms with Gasteiger partial charge in [0.15, 0.2) is 0 Å². The topological polar surface area (TPSA) is 0 Å². The van der Waals surface area contributed by atoms with E-state index >= 15 is 0 Å². The Morgan fingerprint density at radius 2 is 1.25 bits per heavy atom. The van der Waals surface area contributed by atoms with Crippen LogP contribution in [0.5, 0.6) is 0 Å². The molecular formula is H6CaGaLiNb. The molecule has 0 atom stereocenters. The monoisotopic (exact) mass is 215 g/mol. The average molecular weight is 216 g/mol. The minimum Gasteiger partial charge on any atom is -1.00 e. The number of rotatable bonds is 0. The van der Waals surface area contributed by atoms with Crippen molar-refractivity contribution in [1.29, 1.82) is 0 Å². The molecular weight excluding hydrogens is 210 g/mol. The fourth-order valence-corrected chi connectivity index (χ4v) is 0. The van der Waals surface area contributed by atoms with E-state index in [-0.39, 0.29) is 103 Å². The summed E-state index contributed by atoms with van der Waals surface area (Å²) in [5, 5.41) is 0. The van der Waals surface area contributed by atoms with Crippen LogP contribution in [0.3, 0.4) is 0 Å². The van der Waals surface area contributed by atoms with E-state index in [1.807, 2.05) is 0 Å². The molecule has 0 aliphatic carbocycles. The zero-order valence-corrected chi connectivity index (χ0v) is 6.56. The van der Waals surface area contributed by atoms with Gasteiger partial charge in [0.25, 0.3) is 0 Å². The van der Waals surface area contributed by atoms with Crippen LogP contribution in [-0.2, 0) is 22.4 Å². The van der Waals surface area contributed by atoms with E-state index in [2.05, 4.69) is 0 Å². The van der Waals surface area contributed by atoms with Gasteiger partial charge in [-0.15, -0.1) is 0 Å². The second kappa shape index (κ2) is 16.3. The molecule has 0 rings (SSSR count). The molecule has 0 saturated carbocycles. The Morgan fingerprint density at radius 1 is 1.25 bits per heavy atom. The van der Waals surface area contributed by atoms with Gasteiger partial charge in [-0.3, -0.25) is 0 Å². The molecule has 0 bridgehead atoms. The van der Waals surface area contributed by atoms with E-state index in [0.717, 1.165) is 0 Å². The van der Waals surface area contributed by atoms with Crippen LogP contribution in [-0.4, -0.2) is 57.5 Å². The van der Waals surface area contributed by atoms with Gasteiger partial charge in [-0.2, -0.15) is 0 Å². The maximum atomic E-state index is 0. The summed E-state index contributed by atoms with van der Waals surface area (Å²) in [5.41, 5.74) is 0. The molecule has 0 aromatic heterocycles. The van der Waals surface area contributed by atoms with E-state index in [0.29, 0.717) is 0 Å². The Bertz CT molecular complexity index is 14.9. The van der Waals surface area contributed by atoms with E-state index in [9.17, 15) is 0 Å². The molecule has 0 unspecified atom stereocenters. The van der Waals surface area contributed by atoms with Crippen molar-refractivity contribution >= 4 is 57.5 Å². The van der Waals surface area contributed by atoms with Crippen molar-refractivity contribution in [1.82, 2.24) is 0 Å². The van der Waals surface area contributed by atoms with Crippen molar-refractivity contribution in [3.8, 4) is 0 Å². The fourth-order valence-electron chi connectivity index (χ4n) is 0. The smallest absolute Gasteiger partial charge is 1.00 e. The van der Waals surface area contributed by atoms with E-state index in [1.54, 1.807) is 0 Å². The third-order valence-electron chi connectivity index (χ3n) is 0. The third kappa shape index (κ3) is 8.97. The zero-order valence-electron chi connectivity index (χ0n) is 5.15. The Hall–Kier alpha value is 3.23. The molecule has 0 aliphatic rings. The van der Waals surface area contributed by atoms with Gasteiger partial charge < -0.3 is 4.28 Å². The Kier molecular flexibility index (Phi) is 110. The Balaban J connectivity index is 0. The zero-order chi connectivity index (χ0) is 0. The van der Waals surface area contributed by atoms with Crippen molar-refractivity contribution < 1.29 is 45.5 Å². The second-order valence-corrected chi connectivity index (χ2v) is 0. The summed E-state index contributed by atoms with van der Waals surface area (Å²) in [6, 6.07) is 0. The standard InChI is InChI=1S/Ca.Ga.Li.Nb.6H/q+2;;+1;;;;;3*-1. The van der Waals surface area contributed by atoms with Gasteiger partial charge in [0.05, 0.1) is 0 Å². The molecule has 1 radical (unpaired) electrons. The molecule has 0 aromatic rings. The minimum atomic E-state index is 0. The molecule has 4 heteroatoms. The van der Waals surface area contributed by atoms with Gasteiger partial charge in [0, 0.05) is 22.4 Å². The molecule has 0 heterocycles. The summed E-state index contributed by atoms with van der Waals surface area (Å²) in [7, 11) is 0. The molecule has 0 aromatic carbocycles. The van der Waals surface area contributed by atoms with Crippen molar-refractivity contribution in [2.24, 2.45) is 0 Å². The Labute approximate surface area is 101 Å². The molecule has 17 valence electrons. The molecule has 0 fully saturated rings. The SMILES string of the molecule is [Ca+2].[GaH3].[H-].[H-].[H-].[Li+].[Nb]. The van der Waals surface area contributed by atoms with Gasteiger partial charge in [-0.05, 0) is 0 Å². The quantitative estimate of drug-likeness (QED) is 0.360. The van der Waals surface area contributed by atoms with Crippen LogP contribution < -0.4 is 18.9 Å². The fraction of sp³-hybridized carbons (Fsp3) is 0. The van der Waals surface area contributed by atoms with Crippen molar-refractivity contribution in [2.45, 2.75) is 0 Å². The van der Waals surface area contributed by atoms with Gasteiger partial charge >= 0.3 is 76.4 Å². The van der Waals surface area contributed by atoms with E-state index in [1.165, 1.54) is 0 Å². The van der Waals surface area contributed by atoms with Crippen molar-refractivity contribution in [3.63, 3.8) is 0 Å². The van der Waals surface area contributed by atoms with Crippen LogP contribution in [0.4, 0.5) is 0 Å². The first-order valence-corrected chi connectivity index (χ1v) is 0. The van der Waals surface area contributed by atoms with E-state index < -0.39 is 0 Å². The second-order valence-electron chi connectivity index (χ2n) is 0. The summed E-state index contributed by atoms with van der Waals surface area (Å²) in [4.78, 5) is 0. The molecule has 0 N–H and O–H groups in total. The maximum Gasteiger partial charge on any atom is 1.00 e. The normalized spacial score (nSPS) is 0. The van der Waals surface area contributed by atoms with E-state index in [4.69, 9.17) is 0 Å². The van der Waals surface area contributed by atoms with Crippen LogP contribution in [0, 0.1) is 0 Å². The van der Waals surface area contributed by atoms with Crippen LogP contribution in [0.2, 0.25) is 0 Å². The molecule has 0 amide bonds. The first-order chi connectivity index (χ1) is 0. The van der Waals surface area contributed by atoms with Gasteiger partial charge in [0.1, 0.15) is 0 Å². The van der Waals surface area contributed by atoms with Gasteiger partial charge in [-0.1, -0.05) is 0 Å². The molecule has 0 nitrogen and oxygen atoms in total. The number of hydrogen-bond acceptors (Lipinski definition) is 0. The maximum absolute atomic E-state index is 0. The molecule has 4 heavy (non-hydrogen) atoms. The molecule has 0 spiro atoms. The molecule has 0 aliphatic heterocycles. The Morgan fingerprint density at radius 3 is 1.25 bits per heavy atom. The predicted molar refractivity (Wildman–Crippen MR) is 19.0 cm³/mol. The minimum absolute atomic E-state index is 0. The summed E-state index contributed by atoms with van der Waals surface area (Å²) in [6.45, 7) is 0. The van der Waals surface area contributed by atoms with Crippen LogP contribution >= 0.6 is 0 Å².